The summed E-state index contributed by atoms with van der Waals surface area (Å²) in [6, 6.07) is 7.18. The Bertz CT molecular complexity index is 854. The lowest BCUT2D eigenvalue weighted by molar-refractivity contribution is -0.123. The van der Waals surface area contributed by atoms with E-state index in [0.29, 0.717) is 16.5 Å². The van der Waals surface area contributed by atoms with Gasteiger partial charge < -0.3 is 19.9 Å². The largest absolute Gasteiger partial charge is 0.507 e. The number of phenolic OH excluding ortho intramolecular Hbond substituents is 1. The average molecular weight is 398 g/mol. The van der Waals surface area contributed by atoms with Crippen LogP contribution in [0.2, 0.25) is 10.0 Å². The molecule has 0 aromatic heterocycles. The van der Waals surface area contributed by atoms with Gasteiger partial charge in [0.25, 0.3) is 5.91 Å². The molecule has 2 rings (SSSR count). The van der Waals surface area contributed by atoms with E-state index in [9.17, 15) is 14.7 Å². The van der Waals surface area contributed by atoms with E-state index in [1.165, 1.54) is 32.2 Å². The van der Waals surface area contributed by atoms with E-state index < -0.39 is 18.0 Å². The molecular formula is C18H17Cl2NO5. The molecule has 2 N–H and O–H groups in total. The highest BCUT2D eigenvalue weighted by atomic mass is 35.5. The highest BCUT2D eigenvalue weighted by Gasteiger charge is 2.22. The molecule has 0 radical (unpaired) electrons. The minimum absolute atomic E-state index is 0.128. The van der Waals surface area contributed by atoms with Gasteiger partial charge in [-0.25, -0.2) is 4.79 Å². The average Bonchev–Trinajstić information content (AvgIpc) is 2.59. The van der Waals surface area contributed by atoms with Crippen molar-refractivity contribution in [2.45, 2.75) is 20.0 Å². The van der Waals surface area contributed by atoms with Crippen LogP contribution in [0.25, 0.3) is 0 Å². The first kappa shape index (κ1) is 19.9. The number of benzene rings is 2. The van der Waals surface area contributed by atoms with Gasteiger partial charge in [0.05, 0.1) is 12.8 Å². The summed E-state index contributed by atoms with van der Waals surface area (Å²) in [6.07, 6.45) is -1.12. The van der Waals surface area contributed by atoms with Crippen LogP contribution in [0, 0.1) is 6.92 Å². The number of rotatable bonds is 5. The van der Waals surface area contributed by atoms with Crippen LogP contribution in [0.4, 0.5) is 5.69 Å². The van der Waals surface area contributed by atoms with Crippen molar-refractivity contribution >= 4 is 40.8 Å². The molecule has 0 heterocycles. The molecule has 26 heavy (non-hydrogen) atoms. The van der Waals surface area contributed by atoms with Crippen molar-refractivity contribution in [2.75, 3.05) is 12.4 Å². The molecule has 1 atom stereocenters. The summed E-state index contributed by atoms with van der Waals surface area (Å²) in [5.41, 5.74) is 1.02. The molecule has 0 aliphatic heterocycles. The fourth-order valence-electron chi connectivity index (χ4n) is 2.11. The number of hydrogen-bond acceptors (Lipinski definition) is 5. The fourth-order valence-corrected chi connectivity index (χ4v) is 2.44. The second kappa shape index (κ2) is 8.29. The summed E-state index contributed by atoms with van der Waals surface area (Å²) in [7, 11) is 1.45. The van der Waals surface area contributed by atoms with Gasteiger partial charge in [0.2, 0.25) is 0 Å². The van der Waals surface area contributed by atoms with E-state index in [1.807, 2.05) is 0 Å². The first-order chi connectivity index (χ1) is 12.2. The topological polar surface area (TPSA) is 84.9 Å². The number of carbonyl (C=O) groups excluding carboxylic acids is 2. The summed E-state index contributed by atoms with van der Waals surface area (Å²) in [5, 5.41) is 13.1. The second-order valence-corrected chi connectivity index (χ2v) is 6.34. The first-order valence-electron chi connectivity index (χ1n) is 7.57. The maximum Gasteiger partial charge on any atom is 0.342 e. The molecule has 0 spiro atoms. The van der Waals surface area contributed by atoms with Crippen LogP contribution in [0.1, 0.15) is 22.8 Å². The van der Waals surface area contributed by atoms with Crippen LogP contribution in [0.15, 0.2) is 30.3 Å². The molecule has 0 saturated carbocycles. The summed E-state index contributed by atoms with van der Waals surface area (Å²) >= 11 is 11.8. The lowest BCUT2D eigenvalue weighted by Crippen LogP contribution is -2.30. The van der Waals surface area contributed by atoms with Gasteiger partial charge in [0.1, 0.15) is 17.1 Å². The molecular weight excluding hydrogens is 381 g/mol. The lowest BCUT2D eigenvalue weighted by Gasteiger charge is -2.16. The molecule has 0 bridgehead atoms. The number of esters is 1. The number of aromatic hydroxyl groups is 1. The number of anilines is 1. The third-order valence-electron chi connectivity index (χ3n) is 3.57. The number of methoxy groups -OCH3 is 1. The van der Waals surface area contributed by atoms with Crippen molar-refractivity contribution in [1.29, 1.82) is 0 Å². The Morgan fingerprint density at radius 3 is 2.54 bits per heavy atom. The quantitative estimate of drug-likeness (QED) is 0.738. The predicted octanol–water partition coefficient (Wildman–Crippen LogP) is 4.20. The zero-order valence-electron chi connectivity index (χ0n) is 14.3. The highest BCUT2D eigenvalue weighted by molar-refractivity contribution is 6.31. The molecule has 0 aliphatic carbocycles. The molecule has 0 fully saturated rings. The minimum Gasteiger partial charge on any atom is -0.507 e. The van der Waals surface area contributed by atoms with Crippen molar-refractivity contribution < 1.29 is 24.2 Å². The van der Waals surface area contributed by atoms with Crippen LogP contribution in [-0.4, -0.2) is 30.2 Å². The molecule has 0 saturated heterocycles. The highest BCUT2D eigenvalue weighted by Crippen LogP contribution is 2.31. The van der Waals surface area contributed by atoms with Crippen LogP contribution in [0.5, 0.6) is 11.5 Å². The number of amides is 1. The third-order valence-corrected chi connectivity index (χ3v) is 4.21. The van der Waals surface area contributed by atoms with Crippen LogP contribution < -0.4 is 10.1 Å². The van der Waals surface area contributed by atoms with Gasteiger partial charge in [0.15, 0.2) is 6.10 Å². The van der Waals surface area contributed by atoms with Crippen LogP contribution in [-0.2, 0) is 9.53 Å². The van der Waals surface area contributed by atoms with Crippen LogP contribution >= 0.6 is 23.2 Å². The Balaban J connectivity index is 2.12. The monoisotopic (exact) mass is 397 g/mol. The Hall–Kier alpha value is -2.44. The van der Waals surface area contributed by atoms with E-state index in [1.54, 1.807) is 19.1 Å². The normalized spacial score (nSPS) is 11.6. The standard InChI is InChI=1S/C18H17Cl2NO5/c1-9-6-14(16(25-3)8-13(9)20)21-17(23)10(2)26-18(24)12-7-11(19)4-5-15(12)22/h4-8,10,22H,1-3H3,(H,21,23). The summed E-state index contributed by atoms with van der Waals surface area (Å²) in [5.74, 6) is -1.35. The number of hydrogen-bond donors (Lipinski definition) is 2. The van der Waals surface area contributed by atoms with Crippen molar-refractivity contribution in [3.8, 4) is 11.5 Å². The zero-order chi connectivity index (χ0) is 19.4. The molecule has 0 aliphatic rings. The second-order valence-electron chi connectivity index (χ2n) is 5.50. The molecule has 2 aromatic carbocycles. The minimum atomic E-state index is -1.12. The predicted molar refractivity (Wildman–Crippen MR) is 99.4 cm³/mol. The maximum absolute atomic E-state index is 12.3. The van der Waals surface area contributed by atoms with Gasteiger partial charge in [-0.15, -0.1) is 0 Å². The molecule has 1 amide bonds. The Morgan fingerprint density at radius 2 is 1.88 bits per heavy atom. The summed E-state index contributed by atoms with van der Waals surface area (Å²) in [6.45, 7) is 3.19. The van der Waals surface area contributed by atoms with E-state index in [-0.39, 0.29) is 16.3 Å². The Kier molecular flexibility index (Phi) is 6.34. The van der Waals surface area contributed by atoms with Gasteiger partial charge in [-0.1, -0.05) is 23.2 Å². The number of carbonyl (C=O) groups is 2. The zero-order valence-corrected chi connectivity index (χ0v) is 15.8. The van der Waals surface area contributed by atoms with Gasteiger partial charge in [-0.2, -0.15) is 0 Å². The van der Waals surface area contributed by atoms with E-state index in [4.69, 9.17) is 32.7 Å². The Morgan fingerprint density at radius 1 is 1.19 bits per heavy atom. The first-order valence-corrected chi connectivity index (χ1v) is 8.33. The van der Waals surface area contributed by atoms with Gasteiger partial charge >= 0.3 is 5.97 Å². The van der Waals surface area contributed by atoms with Crippen LogP contribution in [0.3, 0.4) is 0 Å². The summed E-state index contributed by atoms with van der Waals surface area (Å²) < 4.78 is 10.3. The molecule has 2 aromatic rings. The number of nitrogens with one attached hydrogen (secondary N) is 1. The van der Waals surface area contributed by atoms with Gasteiger partial charge in [0, 0.05) is 16.1 Å². The summed E-state index contributed by atoms with van der Waals surface area (Å²) in [4.78, 5) is 24.5. The number of ether oxygens (including phenoxy) is 2. The third kappa shape index (κ3) is 4.59. The van der Waals surface area contributed by atoms with E-state index >= 15 is 0 Å². The van der Waals surface area contributed by atoms with Crippen molar-refractivity contribution in [3.63, 3.8) is 0 Å². The maximum atomic E-state index is 12.3. The molecule has 8 heteroatoms. The molecule has 6 nitrogen and oxygen atoms in total. The van der Waals surface area contributed by atoms with Crippen molar-refractivity contribution in [2.24, 2.45) is 0 Å². The number of halogens is 2. The smallest absolute Gasteiger partial charge is 0.342 e. The SMILES string of the molecule is COc1cc(Cl)c(C)cc1NC(=O)C(C)OC(=O)c1cc(Cl)ccc1O. The van der Waals surface area contributed by atoms with E-state index in [2.05, 4.69) is 5.32 Å². The lowest BCUT2D eigenvalue weighted by atomic mass is 10.2. The van der Waals surface area contributed by atoms with Gasteiger partial charge in [-0.3, -0.25) is 4.79 Å². The molecule has 138 valence electrons. The fraction of sp³-hybridized carbons (Fsp3) is 0.222. The Labute approximate surface area is 160 Å². The van der Waals surface area contributed by atoms with Crippen molar-refractivity contribution in [3.05, 3.63) is 51.5 Å². The van der Waals surface area contributed by atoms with E-state index in [0.717, 1.165) is 5.56 Å². The molecule has 1 unspecified atom stereocenters. The number of phenols is 1. The number of aryl methyl sites for hydroxylation is 1. The van der Waals surface area contributed by atoms with Gasteiger partial charge in [-0.05, 0) is 43.7 Å². The van der Waals surface area contributed by atoms with Crippen molar-refractivity contribution in [1.82, 2.24) is 0 Å².